The molecule has 1 saturated heterocycles. The molecule has 9 heteroatoms. The van der Waals surface area contributed by atoms with Gasteiger partial charge in [-0.15, -0.1) is 0 Å². The van der Waals surface area contributed by atoms with E-state index in [0.29, 0.717) is 40.4 Å². The fourth-order valence-corrected chi connectivity index (χ4v) is 7.51. The van der Waals surface area contributed by atoms with Gasteiger partial charge in [0.05, 0.1) is 22.7 Å². The second-order valence-corrected chi connectivity index (χ2v) is 13.9. The van der Waals surface area contributed by atoms with Crippen molar-refractivity contribution in [2.75, 3.05) is 33.4 Å². The third-order valence-electron chi connectivity index (χ3n) is 9.13. The monoisotopic (exact) mass is 681 g/mol. The van der Waals surface area contributed by atoms with Gasteiger partial charge in [0.15, 0.2) is 5.75 Å². The summed E-state index contributed by atoms with van der Waals surface area (Å²) in [5, 5.41) is 9.02. The van der Waals surface area contributed by atoms with E-state index in [1.54, 1.807) is 7.11 Å². The Morgan fingerprint density at radius 1 is 0.913 bits per heavy atom. The van der Waals surface area contributed by atoms with Gasteiger partial charge < -0.3 is 25.0 Å². The fourth-order valence-electron chi connectivity index (χ4n) is 6.62. The van der Waals surface area contributed by atoms with Crippen LogP contribution >= 0.6 is 34.8 Å². The number of rotatable bonds is 13. The molecule has 2 fully saturated rings. The number of methoxy groups -OCH3 is 1. The van der Waals surface area contributed by atoms with E-state index < -0.39 is 0 Å². The van der Waals surface area contributed by atoms with Crippen LogP contribution in [0.2, 0.25) is 15.1 Å². The molecule has 3 aliphatic rings. The highest BCUT2D eigenvalue weighted by Crippen LogP contribution is 2.38. The molecule has 2 heterocycles. The summed E-state index contributed by atoms with van der Waals surface area (Å²) in [7, 11) is 1.73. The maximum atomic E-state index is 14.6. The average molecular weight is 683 g/mol. The molecule has 2 atom stereocenters. The number of halogens is 3. The second kappa shape index (κ2) is 15.1. The van der Waals surface area contributed by atoms with Crippen LogP contribution in [0, 0.1) is 6.92 Å². The minimum atomic E-state index is -0.0378. The van der Waals surface area contributed by atoms with Crippen LogP contribution in [0.1, 0.15) is 53.5 Å². The van der Waals surface area contributed by atoms with Crippen LogP contribution < -0.4 is 15.4 Å². The number of carbonyl (C=O) groups is 1. The number of nitrogens with zero attached hydrogens (tertiary/aromatic N) is 1. The highest BCUT2D eigenvalue weighted by Gasteiger charge is 2.41. The number of hydrogen-bond acceptors (Lipinski definition) is 5. The summed E-state index contributed by atoms with van der Waals surface area (Å²) in [6, 6.07) is 19.0. The SMILES string of the molecule is COCCCc1ccc(Cl)c(CN(C(=O)C2=C(c3ccc(CCOc4c(Cl)cc(C)cc4Cl)cc3)C[C@@H]3CNC[C@H]2N3)C2CC2)c1. The normalized spacial score (nSPS) is 19.3. The predicted molar refractivity (Wildman–Crippen MR) is 187 cm³/mol. The van der Waals surface area contributed by atoms with E-state index in [1.807, 2.05) is 25.1 Å². The van der Waals surface area contributed by atoms with Crippen molar-refractivity contribution in [1.82, 2.24) is 15.5 Å². The van der Waals surface area contributed by atoms with Gasteiger partial charge in [0.25, 0.3) is 5.91 Å². The highest BCUT2D eigenvalue weighted by atomic mass is 35.5. The van der Waals surface area contributed by atoms with Crippen molar-refractivity contribution in [3.63, 3.8) is 0 Å². The Balaban J connectivity index is 1.22. The fraction of sp³-hybridized carbons (Fsp3) is 0.432. The number of nitrogens with one attached hydrogen (secondary N) is 2. The number of hydrogen-bond donors (Lipinski definition) is 2. The van der Waals surface area contributed by atoms with Gasteiger partial charge in [0.1, 0.15) is 0 Å². The number of aryl methyl sites for hydroxylation is 2. The Kier molecular flexibility index (Phi) is 10.9. The Labute approximate surface area is 287 Å². The second-order valence-electron chi connectivity index (χ2n) is 12.7. The van der Waals surface area contributed by atoms with Crippen LogP contribution in [0.4, 0.5) is 0 Å². The number of benzene rings is 3. The van der Waals surface area contributed by atoms with Crippen molar-refractivity contribution in [3.8, 4) is 5.75 Å². The standard InChI is InChI=1S/C37H42Cl3N3O3/c1-23-16-32(39)36(33(40)17-23)46-15-13-24-5-8-26(9-6-24)30-19-28-20-41-21-34(42-28)35(30)37(44)43(29-10-11-29)22-27-18-25(4-3-14-45-2)7-12-31(27)38/h5-9,12,16-18,28-29,34,41-42H,3-4,10-11,13-15,19-22H2,1-2H3/t28-,34-/m1/s1. The lowest BCUT2D eigenvalue weighted by atomic mass is 9.83. The summed E-state index contributed by atoms with van der Waals surface area (Å²) in [6.07, 6.45) is 5.42. The third kappa shape index (κ3) is 7.92. The van der Waals surface area contributed by atoms with Crippen LogP contribution in [-0.4, -0.2) is 62.3 Å². The van der Waals surface area contributed by atoms with Gasteiger partial charge in [-0.3, -0.25) is 4.79 Å². The van der Waals surface area contributed by atoms with Crippen LogP contribution in [-0.2, 0) is 28.9 Å². The first-order valence-electron chi connectivity index (χ1n) is 16.3. The quantitative estimate of drug-likeness (QED) is 0.184. The highest BCUT2D eigenvalue weighted by molar-refractivity contribution is 6.37. The molecule has 0 radical (unpaired) electrons. The maximum absolute atomic E-state index is 14.6. The molecule has 3 aromatic rings. The summed E-state index contributed by atoms with van der Waals surface area (Å²) in [5.41, 5.74) is 7.48. The number of ether oxygens (including phenoxy) is 2. The van der Waals surface area contributed by atoms with Crippen LogP contribution in [0.3, 0.4) is 0 Å². The van der Waals surface area contributed by atoms with E-state index in [4.69, 9.17) is 44.3 Å². The van der Waals surface area contributed by atoms with E-state index in [-0.39, 0.29) is 24.0 Å². The van der Waals surface area contributed by atoms with E-state index in [0.717, 1.165) is 85.2 Å². The van der Waals surface area contributed by atoms with Gasteiger partial charge in [-0.1, -0.05) is 71.2 Å². The van der Waals surface area contributed by atoms with Gasteiger partial charge in [0.2, 0.25) is 0 Å². The van der Waals surface area contributed by atoms with E-state index in [9.17, 15) is 4.79 Å². The minimum Gasteiger partial charge on any atom is -0.490 e. The van der Waals surface area contributed by atoms with Crippen LogP contribution in [0.25, 0.3) is 5.57 Å². The van der Waals surface area contributed by atoms with Gasteiger partial charge in [0, 0.05) is 62.5 Å². The average Bonchev–Trinajstić information content (AvgIpc) is 3.88. The maximum Gasteiger partial charge on any atom is 0.252 e. The largest absolute Gasteiger partial charge is 0.490 e. The van der Waals surface area contributed by atoms with E-state index in [1.165, 1.54) is 5.56 Å². The molecule has 46 heavy (non-hydrogen) atoms. The number of amides is 1. The lowest BCUT2D eigenvalue weighted by molar-refractivity contribution is -0.128. The molecular weight excluding hydrogens is 641 g/mol. The molecule has 1 saturated carbocycles. The lowest BCUT2D eigenvalue weighted by Crippen LogP contribution is -2.60. The van der Waals surface area contributed by atoms with Crippen LogP contribution in [0.15, 0.2) is 60.2 Å². The molecule has 0 aromatic heterocycles. The van der Waals surface area contributed by atoms with Gasteiger partial charge in [-0.2, -0.15) is 0 Å². The molecule has 0 unspecified atom stereocenters. The van der Waals surface area contributed by atoms with Gasteiger partial charge >= 0.3 is 0 Å². The Morgan fingerprint density at radius 3 is 2.37 bits per heavy atom. The molecule has 0 spiro atoms. The zero-order valence-corrected chi connectivity index (χ0v) is 28.8. The summed E-state index contributed by atoms with van der Waals surface area (Å²) in [4.78, 5) is 16.7. The number of carbonyl (C=O) groups excluding carboxylic acids is 1. The van der Waals surface area contributed by atoms with Crippen LogP contribution in [0.5, 0.6) is 5.75 Å². The lowest BCUT2D eigenvalue weighted by Gasteiger charge is -2.41. The molecule has 2 bridgehead atoms. The Bertz CT molecular complexity index is 1570. The first-order valence-corrected chi connectivity index (χ1v) is 17.4. The van der Waals surface area contributed by atoms with Gasteiger partial charge in [-0.05, 0) is 90.6 Å². The number of fused-ring (bicyclic) bond motifs is 2. The van der Waals surface area contributed by atoms with Crippen molar-refractivity contribution in [1.29, 1.82) is 0 Å². The van der Waals surface area contributed by atoms with E-state index in [2.05, 4.69) is 51.9 Å². The molecule has 6 nitrogen and oxygen atoms in total. The summed E-state index contributed by atoms with van der Waals surface area (Å²) >= 11 is 19.4. The van der Waals surface area contributed by atoms with E-state index >= 15 is 0 Å². The van der Waals surface area contributed by atoms with Gasteiger partial charge in [-0.25, -0.2) is 0 Å². The molecular formula is C37H42Cl3N3O3. The molecule has 2 N–H and O–H groups in total. The van der Waals surface area contributed by atoms with Crippen molar-refractivity contribution in [2.24, 2.45) is 0 Å². The van der Waals surface area contributed by atoms with Crippen molar-refractivity contribution >= 4 is 46.3 Å². The summed E-state index contributed by atoms with van der Waals surface area (Å²) < 4.78 is 11.2. The Hall–Kier alpha value is -2.58. The molecule has 1 aliphatic carbocycles. The van der Waals surface area contributed by atoms with Crippen molar-refractivity contribution in [3.05, 3.63) is 103 Å². The minimum absolute atomic E-state index is 0.0378. The first-order chi connectivity index (χ1) is 22.3. The molecule has 3 aromatic carbocycles. The molecule has 1 amide bonds. The predicted octanol–water partition coefficient (Wildman–Crippen LogP) is 7.43. The van der Waals surface area contributed by atoms with Crippen molar-refractivity contribution < 1.29 is 14.3 Å². The first kappa shape index (κ1) is 33.3. The third-order valence-corrected chi connectivity index (χ3v) is 10.1. The summed E-state index contributed by atoms with van der Waals surface area (Å²) in [6.45, 7) is 5.26. The molecule has 6 rings (SSSR count). The zero-order valence-electron chi connectivity index (χ0n) is 26.5. The molecule has 244 valence electrons. The number of piperazine rings is 1. The van der Waals surface area contributed by atoms with Crippen molar-refractivity contribution in [2.45, 2.75) is 70.1 Å². The summed E-state index contributed by atoms with van der Waals surface area (Å²) in [5.74, 6) is 0.635. The smallest absolute Gasteiger partial charge is 0.252 e. The molecule has 2 aliphatic heterocycles. The Morgan fingerprint density at radius 2 is 1.65 bits per heavy atom. The topological polar surface area (TPSA) is 62.8 Å². The zero-order chi connectivity index (χ0) is 32.2.